The molecule has 0 aliphatic carbocycles. The summed E-state index contributed by atoms with van der Waals surface area (Å²) in [4.78, 5) is 0. The van der Waals surface area contributed by atoms with Crippen molar-refractivity contribution in [2.75, 3.05) is 14.2 Å². The van der Waals surface area contributed by atoms with Crippen LogP contribution < -0.4 is 10.1 Å². The number of benzene rings is 1. The smallest absolute Gasteiger partial charge is 0.125 e. The molecule has 1 heterocycles. The van der Waals surface area contributed by atoms with E-state index in [1.165, 1.54) is 0 Å². The van der Waals surface area contributed by atoms with Crippen molar-refractivity contribution in [1.29, 1.82) is 0 Å². The number of furan rings is 1. The van der Waals surface area contributed by atoms with E-state index in [9.17, 15) is 0 Å². The molecule has 0 fully saturated rings. The van der Waals surface area contributed by atoms with E-state index in [1.54, 1.807) is 13.2 Å². The number of methoxy groups -OCH3 is 1. The third kappa shape index (κ3) is 2.52. The Kier molecular flexibility index (Phi) is 3.94. The first-order valence-electron chi connectivity index (χ1n) is 5.72. The Morgan fingerprint density at radius 2 is 2.06 bits per heavy atom. The van der Waals surface area contributed by atoms with Gasteiger partial charge in [0, 0.05) is 10.6 Å². The van der Waals surface area contributed by atoms with Crippen molar-refractivity contribution in [3.63, 3.8) is 0 Å². The van der Waals surface area contributed by atoms with Crippen molar-refractivity contribution < 1.29 is 9.15 Å². The van der Waals surface area contributed by atoms with Crippen LogP contribution in [0.5, 0.6) is 5.75 Å². The van der Waals surface area contributed by atoms with Gasteiger partial charge in [0.2, 0.25) is 0 Å². The summed E-state index contributed by atoms with van der Waals surface area (Å²) in [6.07, 6.45) is 0. The van der Waals surface area contributed by atoms with E-state index in [4.69, 9.17) is 20.8 Å². The Labute approximate surface area is 112 Å². The molecule has 1 aromatic carbocycles. The highest BCUT2D eigenvalue weighted by Gasteiger charge is 2.19. The predicted molar refractivity (Wildman–Crippen MR) is 72.4 cm³/mol. The monoisotopic (exact) mass is 265 g/mol. The van der Waals surface area contributed by atoms with Crippen LogP contribution >= 0.6 is 11.6 Å². The molecule has 96 valence electrons. The molecule has 4 heteroatoms. The maximum absolute atomic E-state index is 5.97. The lowest BCUT2D eigenvalue weighted by molar-refractivity contribution is 0.394. The number of rotatable bonds is 4. The van der Waals surface area contributed by atoms with Gasteiger partial charge in [-0.25, -0.2) is 0 Å². The first-order valence-corrected chi connectivity index (χ1v) is 6.10. The molecular formula is C14H16ClNO2. The van der Waals surface area contributed by atoms with Crippen LogP contribution in [0.1, 0.15) is 23.1 Å². The number of ether oxygens (including phenoxy) is 1. The molecule has 2 aromatic rings. The van der Waals surface area contributed by atoms with Crippen molar-refractivity contribution in [3.05, 3.63) is 52.4 Å². The van der Waals surface area contributed by atoms with E-state index in [0.29, 0.717) is 5.02 Å². The highest BCUT2D eigenvalue weighted by atomic mass is 35.5. The van der Waals surface area contributed by atoms with Crippen LogP contribution in [0.25, 0.3) is 0 Å². The maximum atomic E-state index is 5.97. The van der Waals surface area contributed by atoms with Crippen LogP contribution in [0.15, 0.2) is 34.7 Å². The first-order chi connectivity index (χ1) is 8.65. The van der Waals surface area contributed by atoms with Crippen LogP contribution in [0.2, 0.25) is 5.02 Å². The second-order valence-electron chi connectivity index (χ2n) is 4.06. The van der Waals surface area contributed by atoms with E-state index in [2.05, 4.69) is 5.32 Å². The topological polar surface area (TPSA) is 34.4 Å². The zero-order chi connectivity index (χ0) is 13.1. The predicted octanol–water partition coefficient (Wildman–Crippen LogP) is 3.56. The van der Waals surface area contributed by atoms with Crippen molar-refractivity contribution in [3.8, 4) is 5.75 Å². The molecule has 0 saturated heterocycles. The van der Waals surface area contributed by atoms with Crippen molar-refractivity contribution >= 4 is 11.6 Å². The van der Waals surface area contributed by atoms with Gasteiger partial charge in [0.1, 0.15) is 17.3 Å². The van der Waals surface area contributed by atoms with E-state index < -0.39 is 0 Å². The van der Waals surface area contributed by atoms with Gasteiger partial charge in [-0.15, -0.1) is 0 Å². The van der Waals surface area contributed by atoms with Gasteiger partial charge in [-0.1, -0.05) is 17.7 Å². The number of nitrogens with one attached hydrogen (secondary N) is 1. The standard InChI is InChI=1S/C14H16ClNO2/c1-9-4-7-12(18-9)14(16-2)11-6-5-10(15)8-13(11)17-3/h4-8,14,16H,1-3H3. The van der Waals surface area contributed by atoms with Gasteiger partial charge < -0.3 is 14.5 Å². The molecule has 0 amide bonds. The fourth-order valence-electron chi connectivity index (χ4n) is 1.98. The second-order valence-corrected chi connectivity index (χ2v) is 4.49. The number of aryl methyl sites for hydroxylation is 1. The molecule has 1 N–H and O–H groups in total. The fraction of sp³-hybridized carbons (Fsp3) is 0.286. The van der Waals surface area contributed by atoms with Gasteiger partial charge >= 0.3 is 0 Å². The van der Waals surface area contributed by atoms with Crippen LogP contribution in [0, 0.1) is 6.92 Å². The van der Waals surface area contributed by atoms with E-state index in [0.717, 1.165) is 22.8 Å². The maximum Gasteiger partial charge on any atom is 0.125 e. The summed E-state index contributed by atoms with van der Waals surface area (Å²) in [5.41, 5.74) is 0.999. The number of halogens is 1. The Morgan fingerprint density at radius 3 is 2.61 bits per heavy atom. The quantitative estimate of drug-likeness (QED) is 0.918. The van der Waals surface area contributed by atoms with Crippen molar-refractivity contribution in [2.45, 2.75) is 13.0 Å². The largest absolute Gasteiger partial charge is 0.496 e. The molecule has 0 radical (unpaired) electrons. The number of hydrogen-bond donors (Lipinski definition) is 1. The molecule has 1 atom stereocenters. The minimum absolute atomic E-state index is 0.0501. The van der Waals surface area contributed by atoms with Gasteiger partial charge in [0.05, 0.1) is 13.2 Å². The van der Waals surface area contributed by atoms with Gasteiger partial charge in [0.25, 0.3) is 0 Å². The summed E-state index contributed by atoms with van der Waals surface area (Å²) in [6.45, 7) is 1.93. The molecule has 1 unspecified atom stereocenters. The molecule has 1 aromatic heterocycles. The summed E-state index contributed by atoms with van der Waals surface area (Å²) in [5, 5.41) is 3.88. The first kappa shape index (κ1) is 13.0. The summed E-state index contributed by atoms with van der Waals surface area (Å²) in [5.74, 6) is 2.49. The fourth-order valence-corrected chi connectivity index (χ4v) is 2.15. The summed E-state index contributed by atoms with van der Waals surface area (Å²) in [7, 11) is 3.52. The Morgan fingerprint density at radius 1 is 1.28 bits per heavy atom. The highest BCUT2D eigenvalue weighted by Crippen LogP contribution is 2.32. The highest BCUT2D eigenvalue weighted by molar-refractivity contribution is 6.30. The number of hydrogen-bond acceptors (Lipinski definition) is 3. The molecule has 18 heavy (non-hydrogen) atoms. The third-order valence-electron chi connectivity index (χ3n) is 2.84. The molecule has 0 saturated carbocycles. The van der Waals surface area contributed by atoms with Crippen molar-refractivity contribution in [1.82, 2.24) is 5.32 Å². The molecule has 2 rings (SSSR count). The minimum atomic E-state index is -0.0501. The van der Waals surface area contributed by atoms with Crippen molar-refractivity contribution in [2.24, 2.45) is 0 Å². The van der Waals surface area contributed by atoms with Gasteiger partial charge in [0.15, 0.2) is 0 Å². The lowest BCUT2D eigenvalue weighted by atomic mass is 10.0. The molecule has 0 bridgehead atoms. The average Bonchev–Trinajstić information content (AvgIpc) is 2.78. The second kappa shape index (κ2) is 5.46. The Bertz CT molecular complexity index is 536. The third-order valence-corrected chi connectivity index (χ3v) is 3.08. The molecule has 0 spiro atoms. The normalized spacial score (nSPS) is 12.4. The average molecular weight is 266 g/mol. The zero-order valence-corrected chi connectivity index (χ0v) is 11.4. The van der Waals surface area contributed by atoms with Gasteiger partial charge in [-0.3, -0.25) is 0 Å². The lowest BCUT2D eigenvalue weighted by Gasteiger charge is -2.17. The van der Waals surface area contributed by atoms with Gasteiger partial charge in [-0.05, 0) is 38.2 Å². The van der Waals surface area contributed by atoms with E-state index in [1.807, 2.05) is 38.2 Å². The van der Waals surface area contributed by atoms with Crippen LogP contribution in [0.3, 0.4) is 0 Å². The molecular weight excluding hydrogens is 250 g/mol. The Hall–Kier alpha value is -1.45. The Balaban J connectivity index is 2.44. The molecule has 0 aliphatic rings. The van der Waals surface area contributed by atoms with Crippen LogP contribution in [-0.2, 0) is 0 Å². The molecule has 3 nitrogen and oxygen atoms in total. The van der Waals surface area contributed by atoms with Crippen LogP contribution in [0.4, 0.5) is 0 Å². The lowest BCUT2D eigenvalue weighted by Crippen LogP contribution is -2.17. The minimum Gasteiger partial charge on any atom is -0.496 e. The summed E-state index contributed by atoms with van der Waals surface area (Å²) in [6, 6.07) is 9.45. The SMILES string of the molecule is CNC(c1ccc(C)o1)c1ccc(Cl)cc1OC. The van der Waals surface area contributed by atoms with Crippen LogP contribution in [-0.4, -0.2) is 14.2 Å². The van der Waals surface area contributed by atoms with Gasteiger partial charge in [-0.2, -0.15) is 0 Å². The van der Waals surface area contributed by atoms with E-state index in [-0.39, 0.29) is 6.04 Å². The summed E-state index contributed by atoms with van der Waals surface area (Å²) >= 11 is 5.97. The zero-order valence-electron chi connectivity index (χ0n) is 10.7. The summed E-state index contributed by atoms with van der Waals surface area (Å²) < 4.78 is 11.0. The van der Waals surface area contributed by atoms with E-state index >= 15 is 0 Å². The molecule has 0 aliphatic heterocycles.